The lowest BCUT2D eigenvalue weighted by molar-refractivity contribution is 0.270. The molecule has 6 nitrogen and oxygen atoms in total. The second-order valence-electron chi connectivity index (χ2n) is 5.05. The van der Waals surface area contributed by atoms with Gasteiger partial charge in [0, 0.05) is 25.3 Å². The van der Waals surface area contributed by atoms with Crippen LogP contribution < -0.4 is 5.73 Å². The third-order valence-electron chi connectivity index (χ3n) is 2.43. The Morgan fingerprint density at radius 1 is 1.56 bits per heavy atom. The minimum absolute atomic E-state index is 0.0100. The molecule has 1 aromatic heterocycles. The van der Waals surface area contributed by atoms with Gasteiger partial charge in [-0.2, -0.15) is 9.40 Å². The van der Waals surface area contributed by atoms with E-state index in [9.17, 15) is 8.42 Å². The van der Waals surface area contributed by atoms with Crippen LogP contribution >= 0.6 is 0 Å². The summed E-state index contributed by atoms with van der Waals surface area (Å²) in [4.78, 5) is 0.0294. The topological polar surface area (TPSA) is 81.2 Å². The van der Waals surface area contributed by atoms with E-state index in [1.165, 1.54) is 15.2 Å². The molecular formula is C11H20N4O2S. The fraction of sp³-hybridized carbons (Fsp3) is 0.545. The van der Waals surface area contributed by atoms with Gasteiger partial charge < -0.3 is 5.73 Å². The van der Waals surface area contributed by atoms with E-state index >= 15 is 0 Å². The van der Waals surface area contributed by atoms with Gasteiger partial charge in [0.2, 0.25) is 10.0 Å². The SMILES string of the molecule is C=CCN(C(C)(C)C)S(=O)(=O)c1cn(C)nc1N. The van der Waals surface area contributed by atoms with Crippen molar-refractivity contribution in [1.82, 2.24) is 14.1 Å². The first-order valence-corrected chi connectivity index (χ1v) is 6.97. The average molecular weight is 272 g/mol. The number of rotatable bonds is 4. The molecule has 0 atom stereocenters. The number of nitrogens with zero attached hydrogens (tertiary/aromatic N) is 3. The van der Waals surface area contributed by atoms with Crippen LogP contribution in [0.5, 0.6) is 0 Å². The van der Waals surface area contributed by atoms with Gasteiger partial charge in [-0.05, 0) is 20.8 Å². The van der Waals surface area contributed by atoms with E-state index in [-0.39, 0.29) is 17.3 Å². The number of aromatic nitrogens is 2. The summed E-state index contributed by atoms with van der Waals surface area (Å²) in [7, 11) is -2.05. The van der Waals surface area contributed by atoms with Gasteiger partial charge in [0.1, 0.15) is 4.90 Å². The Balaban J connectivity index is 3.34. The highest BCUT2D eigenvalue weighted by Gasteiger charge is 2.35. The predicted molar refractivity (Wildman–Crippen MR) is 71.5 cm³/mol. The number of hydrogen-bond acceptors (Lipinski definition) is 4. The molecule has 1 heterocycles. The maximum absolute atomic E-state index is 12.5. The summed E-state index contributed by atoms with van der Waals surface area (Å²) in [5, 5.41) is 3.86. The lowest BCUT2D eigenvalue weighted by atomic mass is 10.1. The zero-order valence-electron chi connectivity index (χ0n) is 11.2. The van der Waals surface area contributed by atoms with Gasteiger partial charge in [-0.15, -0.1) is 6.58 Å². The fourth-order valence-electron chi connectivity index (χ4n) is 1.65. The maximum atomic E-state index is 12.5. The van der Waals surface area contributed by atoms with E-state index in [4.69, 9.17) is 5.73 Å². The van der Waals surface area contributed by atoms with E-state index in [2.05, 4.69) is 11.7 Å². The van der Waals surface area contributed by atoms with E-state index in [1.54, 1.807) is 13.1 Å². The molecule has 18 heavy (non-hydrogen) atoms. The summed E-state index contributed by atoms with van der Waals surface area (Å²) in [6.45, 7) is 9.27. The van der Waals surface area contributed by atoms with Crippen LogP contribution in [-0.2, 0) is 17.1 Å². The van der Waals surface area contributed by atoms with E-state index in [1.807, 2.05) is 20.8 Å². The van der Waals surface area contributed by atoms with E-state index in [0.717, 1.165) is 0 Å². The van der Waals surface area contributed by atoms with Crippen molar-refractivity contribution in [3.8, 4) is 0 Å². The smallest absolute Gasteiger partial charge is 0.249 e. The molecule has 0 aromatic carbocycles. The standard InChI is InChI=1S/C11H20N4O2S/c1-6-7-15(11(2,3)4)18(16,17)9-8-14(5)13-10(9)12/h6,8H,1,7H2,2-5H3,(H2,12,13). The second-order valence-corrected chi connectivity index (χ2v) is 6.88. The molecule has 0 radical (unpaired) electrons. The van der Waals surface area contributed by atoms with Crippen LogP contribution in [0, 0.1) is 0 Å². The normalized spacial score (nSPS) is 12.9. The Morgan fingerprint density at radius 2 is 2.11 bits per heavy atom. The molecule has 0 unspecified atom stereocenters. The second kappa shape index (κ2) is 4.74. The molecular weight excluding hydrogens is 252 g/mol. The van der Waals surface area contributed by atoms with Gasteiger partial charge in [-0.1, -0.05) is 6.08 Å². The fourth-order valence-corrected chi connectivity index (χ4v) is 3.50. The Bertz CT molecular complexity index is 540. The van der Waals surface area contributed by atoms with Crippen molar-refractivity contribution >= 4 is 15.8 Å². The van der Waals surface area contributed by atoms with E-state index < -0.39 is 15.6 Å². The highest BCUT2D eigenvalue weighted by Crippen LogP contribution is 2.26. The minimum atomic E-state index is -3.68. The van der Waals surface area contributed by atoms with Crippen molar-refractivity contribution in [3.05, 3.63) is 18.9 Å². The summed E-state index contributed by atoms with van der Waals surface area (Å²) in [5.41, 5.74) is 5.08. The highest BCUT2D eigenvalue weighted by molar-refractivity contribution is 7.89. The Hall–Kier alpha value is -1.34. The van der Waals surface area contributed by atoms with Crippen LogP contribution in [0.2, 0.25) is 0 Å². The zero-order chi connectivity index (χ0) is 14.1. The number of nitrogens with two attached hydrogens (primary N) is 1. The van der Waals surface area contributed by atoms with Crippen LogP contribution in [0.15, 0.2) is 23.7 Å². The molecule has 1 aromatic rings. The highest BCUT2D eigenvalue weighted by atomic mass is 32.2. The molecule has 0 fully saturated rings. The molecule has 102 valence electrons. The molecule has 0 saturated heterocycles. The van der Waals surface area contributed by atoms with Gasteiger partial charge in [0.25, 0.3) is 0 Å². The van der Waals surface area contributed by atoms with Crippen LogP contribution in [0.3, 0.4) is 0 Å². The van der Waals surface area contributed by atoms with Crippen molar-refractivity contribution in [2.75, 3.05) is 12.3 Å². The minimum Gasteiger partial charge on any atom is -0.381 e. The average Bonchev–Trinajstić information content (AvgIpc) is 2.53. The number of nitrogen functional groups attached to an aromatic ring is 1. The van der Waals surface area contributed by atoms with Gasteiger partial charge in [-0.25, -0.2) is 8.42 Å². The monoisotopic (exact) mass is 272 g/mol. The van der Waals surface area contributed by atoms with Crippen molar-refractivity contribution in [1.29, 1.82) is 0 Å². The number of hydrogen-bond donors (Lipinski definition) is 1. The van der Waals surface area contributed by atoms with Crippen LogP contribution in [0.25, 0.3) is 0 Å². The maximum Gasteiger partial charge on any atom is 0.249 e. The zero-order valence-corrected chi connectivity index (χ0v) is 12.0. The summed E-state index contributed by atoms with van der Waals surface area (Å²) in [6.07, 6.45) is 2.96. The molecule has 0 spiro atoms. The molecule has 0 saturated carbocycles. The van der Waals surface area contributed by atoms with Gasteiger partial charge in [0.15, 0.2) is 5.82 Å². The lowest BCUT2D eigenvalue weighted by Gasteiger charge is -2.33. The summed E-state index contributed by atoms with van der Waals surface area (Å²) in [6, 6.07) is 0. The molecule has 0 bridgehead atoms. The molecule has 0 amide bonds. The molecule has 2 N–H and O–H groups in total. The van der Waals surface area contributed by atoms with Gasteiger partial charge in [0.05, 0.1) is 0 Å². The molecule has 1 rings (SSSR count). The van der Waals surface area contributed by atoms with Crippen molar-refractivity contribution in [2.24, 2.45) is 7.05 Å². The first-order valence-electron chi connectivity index (χ1n) is 5.53. The molecule has 0 aliphatic carbocycles. The quantitative estimate of drug-likeness (QED) is 0.828. The van der Waals surface area contributed by atoms with Crippen LogP contribution in [0.1, 0.15) is 20.8 Å². The Morgan fingerprint density at radius 3 is 2.44 bits per heavy atom. The Labute approximate surface area is 108 Å². The van der Waals surface area contributed by atoms with E-state index in [0.29, 0.717) is 0 Å². The van der Waals surface area contributed by atoms with Crippen molar-refractivity contribution in [3.63, 3.8) is 0 Å². The van der Waals surface area contributed by atoms with Gasteiger partial charge in [-0.3, -0.25) is 4.68 Å². The molecule has 7 heteroatoms. The number of anilines is 1. The van der Waals surface area contributed by atoms with Gasteiger partial charge >= 0.3 is 0 Å². The largest absolute Gasteiger partial charge is 0.381 e. The first-order chi connectivity index (χ1) is 8.10. The Kier molecular flexibility index (Phi) is 3.87. The first kappa shape index (κ1) is 14.7. The third-order valence-corrected chi connectivity index (χ3v) is 4.58. The summed E-state index contributed by atoms with van der Waals surface area (Å²) >= 11 is 0. The van der Waals surface area contributed by atoms with Crippen molar-refractivity contribution < 1.29 is 8.42 Å². The van der Waals surface area contributed by atoms with Crippen LogP contribution in [0.4, 0.5) is 5.82 Å². The summed E-state index contributed by atoms with van der Waals surface area (Å²) < 4.78 is 27.8. The number of aryl methyl sites for hydroxylation is 1. The third kappa shape index (κ3) is 2.73. The van der Waals surface area contributed by atoms with Crippen molar-refractivity contribution in [2.45, 2.75) is 31.2 Å². The lowest BCUT2D eigenvalue weighted by Crippen LogP contribution is -2.45. The predicted octanol–water partition coefficient (Wildman–Crippen LogP) is 0.978. The molecule has 0 aliphatic heterocycles. The molecule has 0 aliphatic rings. The van der Waals surface area contributed by atoms with Crippen LogP contribution in [-0.4, -0.2) is 34.6 Å². The number of sulfonamides is 1. The summed E-state index contributed by atoms with van der Waals surface area (Å²) in [5.74, 6) is 0.0100.